The summed E-state index contributed by atoms with van der Waals surface area (Å²) in [7, 11) is 0. The third kappa shape index (κ3) is 3.18. The zero-order chi connectivity index (χ0) is 18.1. The predicted molar refractivity (Wildman–Crippen MR) is 97.8 cm³/mol. The molecule has 2 aliphatic heterocycles. The molecule has 0 bridgehead atoms. The van der Waals surface area contributed by atoms with Crippen molar-refractivity contribution in [1.82, 2.24) is 4.90 Å². The maximum Gasteiger partial charge on any atom is 0.197 e. The Labute approximate surface area is 152 Å². The van der Waals surface area contributed by atoms with E-state index in [0.717, 1.165) is 30.1 Å². The summed E-state index contributed by atoms with van der Waals surface area (Å²) < 4.78 is 31.1. The number of rotatable bonds is 3. The predicted octanol–water partition coefficient (Wildman–Crippen LogP) is 4.51. The van der Waals surface area contributed by atoms with Gasteiger partial charge in [-0.05, 0) is 42.3 Å². The molecule has 4 rings (SSSR count). The molecule has 2 heterocycles. The van der Waals surface area contributed by atoms with Crippen LogP contribution in [0, 0.1) is 12.7 Å². The quantitative estimate of drug-likeness (QED) is 0.813. The van der Waals surface area contributed by atoms with E-state index < -0.39 is 0 Å². The number of benzene rings is 2. The highest BCUT2D eigenvalue weighted by Crippen LogP contribution is 2.42. The van der Waals surface area contributed by atoms with Crippen LogP contribution in [0.5, 0.6) is 17.2 Å². The minimum absolute atomic E-state index is 0.255. The molecule has 134 valence electrons. The molecule has 0 unspecified atom stereocenters. The lowest BCUT2D eigenvalue weighted by atomic mass is 10.0. The molecule has 2 aromatic carbocycles. The fraction of sp³-hybridized carbons (Fsp3) is 0.238. The Bertz CT molecular complexity index is 885. The van der Waals surface area contributed by atoms with Crippen molar-refractivity contribution >= 4 is 5.57 Å². The number of aryl methyl sites for hydroxylation is 1. The number of para-hydroxylation sites is 1. The number of hydrogen-bond donors (Lipinski definition) is 0. The molecule has 2 aromatic rings. The van der Waals surface area contributed by atoms with E-state index in [4.69, 9.17) is 14.2 Å². The summed E-state index contributed by atoms with van der Waals surface area (Å²) >= 11 is 0. The molecule has 0 spiro atoms. The molecule has 2 aliphatic rings. The highest BCUT2D eigenvalue weighted by Gasteiger charge is 2.24. The third-order valence-corrected chi connectivity index (χ3v) is 4.51. The number of ether oxygens (including phenoxy) is 3. The van der Waals surface area contributed by atoms with Gasteiger partial charge in [-0.25, -0.2) is 4.39 Å². The van der Waals surface area contributed by atoms with Gasteiger partial charge in [-0.3, -0.25) is 0 Å². The normalized spacial score (nSPS) is 16.6. The van der Waals surface area contributed by atoms with Crippen LogP contribution in [0.3, 0.4) is 0 Å². The monoisotopic (exact) mass is 353 g/mol. The van der Waals surface area contributed by atoms with Crippen molar-refractivity contribution in [3.8, 4) is 17.2 Å². The molecule has 0 radical (unpaired) electrons. The first kappa shape index (κ1) is 16.7. The lowest BCUT2D eigenvalue weighted by Gasteiger charge is -2.33. The molecule has 1 fully saturated rings. The van der Waals surface area contributed by atoms with E-state index in [1.165, 1.54) is 6.07 Å². The van der Waals surface area contributed by atoms with Crippen LogP contribution in [0.1, 0.15) is 11.1 Å². The third-order valence-electron chi connectivity index (χ3n) is 4.51. The lowest BCUT2D eigenvalue weighted by Crippen LogP contribution is -2.37. The van der Waals surface area contributed by atoms with Crippen LogP contribution in [0.15, 0.2) is 54.9 Å². The Kier molecular flexibility index (Phi) is 4.39. The molecule has 26 heavy (non-hydrogen) atoms. The number of halogens is 1. The van der Waals surface area contributed by atoms with Gasteiger partial charge in [0.15, 0.2) is 17.4 Å². The second kappa shape index (κ2) is 6.84. The van der Waals surface area contributed by atoms with Crippen molar-refractivity contribution in [2.75, 3.05) is 26.3 Å². The van der Waals surface area contributed by atoms with Crippen LogP contribution in [0.25, 0.3) is 5.57 Å². The van der Waals surface area contributed by atoms with Gasteiger partial charge >= 0.3 is 0 Å². The van der Waals surface area contributed by atoms with Gasteiger partial charge in [0.2, 0.25) is 0 Å². The van der Waals surface area contributed by atoms with Gasteiger partial charge in [0.05, 0.1) is 13.2 Å². The van der Waals surface area contributed by atoms with Gasteiger partial charge < -0.3 is 19.1 Å². The van der Waals surface area contributed by atoms with Gasteiger partial charge in [0, 0.05) is 24.7 Å². The highest BCUT2D eigenvalue weighted by atomic mass is 19.1. The molecule has 0 aliphatic carbocycles. The number of morpholine rings is 1. The number of nitrogens with zero attached hydrogens (tertiary/aromatic N) is 1. The first-order valence-corrected chi connectivity index (χ1v) is 8.60. The summed E-state index contributed by atoms with van der Waals surface area (Å²) in [6.07, 6.45) is 1.94. The maximum absolute atomic E-state index is 13.5. The van der Waals surface area contributed by atoms with Crippen molar-refractivity contribution in [2.24, 2.45) is 0 Å². The highest BCUT2D eigenvalue weighted by molar-refractivity contribution is 5.80. The van der Waals surface area contributed by atoms with E-state index in [-0.39, 0.29) is 5.82 Å². The fourth-order valence-electron chi connectivity index (χ4n) is 3.06. The van der Waals surface area contributed by atoms with Crippen molar-refractivity contribution in [2.45, 2.75) is 6.92 Å². The Balaban J connectivity index is 1.64. The van der Waals surface area contributed by atoms with Crippen molar-refractivity contribution in [1.29, 1.82) is 0 Å². The topological polar surface area (TPSA) is 30.9 Å². The Morgan fingerprint density at radius 1 is 1.15 bits per heavy atom. The number of fused-ring (bicyclic) bond motifs is 1. The van der Waals surface area contributed by atoms with Gasteiger partial charge in [-0.1, -0.05) is 18.7 Å². The summed E-state index contributed by atoms with van der Waals surface area (Å²) in [5.74, 6) is 2.26. The van der Waals surface area contributed by atoms with Gasteiger partial charge in [0.25, 0.3) is 0 Å². The van der Waals surface area contributed by atoms with Crippen LogP contribution in [-0.4, -0.2) is 31.2 Å². The molecule has 0 saturated carbocycles. The summed E-state index contributed by atoms with van der Waals surface area (Å²) in [4.78, 5) is 2.14. The van der Waals surface area contributed by atoms with Crippen molar-refractivity contribution in [3.05, 3.63) is 71.9 Å². The standard InChI is InChI=1S/C21H20FNO3/c1-14-13-20(23-8-10-24-11-9-23)26-21-17(14)4-3-5-19(21)25-16-6-7-18(22)15(2)12-16/h3-7,12-13H,1,8-11H2,2H3. The molecule has 1 saturated heterocycles. The Morgan fingerprint density at radius 3 is 2.73 bits per heavy atom. The van der Waals surface area contributed by atoms with E-state index in [0.29, 0.717) is 36.0 Å². The summed E-state index contributed by atoms with van der Waals surface area (Å²) in [5, 5.41) is 0. The molecule has 0 N–H and O–H groups in total. The van der Waals surface area contributed by atoms with E-state index in [1.807, 2.05) is 24.3 Å². The first-order valence-electron chi connectivity index (χ1n) is 8.60. The number of hydrogen-bond acceptors (Lipinski definition) is 4. The SMILES string of the molecule is C=C1C=C(N2CCOCC2)Oc2c(Oc3ccc(F)c(C)c3)cccc21. The Hall–Kier alpha value is -2.79. The molecule has 0 aromatic heterocycles. The second-order valence-electron chi connectivity index (χ2n) is 6.36. The average molecular weight is 353 g/mol. The summed E-state index contributed by atoms with van der Waals surface area (Å²) in [6, 6.07) is 10.4. The molecule has 0 atom stereocenters. The largest absolute Gasteiger partial charge is 0.453 e. The molecule has 0 amide bonds. The Morgan fingerprint density at radius 2 is 1.96 bits per heavy atom. The second-order valence-corrected chi connectivity index (χ2v) is 6.36. The van der Waals surface area contributed by atoms with Crippen LogP contribution in [-0.2, 0) is 4.74 Å². The van der Waals surface area contributed by atoms with E-state index >= 15 is 0 Å². The van der Waals surface area contributed by atoms with Crippen LogP contribution in [0.4, 0.5) is 4.39 Å². The van der Waals surface area contributed by atoms with Crippen molar-refractivity contribution < 1.29 is 18.6 Å². The smallest absolute Gasteiger partial charge is 0.197 e. The average Bonchev–Trinajstić information content (AvgIpc) is 2.66. The summed E-state index contributed by atoms with van der Waals surface area (Å²) in [6.45, 7) is 8.76. The minimum Gasteiger partial charge on any atom is -0.453 e. The van der Waals surface area contributed by atoms with Gasteiger partial charge in [-0.15, -0.1) is 0 Å². The van der Waals surface area contributed by atoms with Crippen LogP contribution in [0.2, 0.25) is 0 Å². The maximum atomic E-state index is 13.5. The lowest BCUT2D eigenvalue weighted by molar-refractivity contribution is 0.0344. The van der Waals surface area contributed by atoms with E-state index in [1.54, 1.807) is 19.1 Å². The van der Waals surface area contributed by atoms with Gasteiger partial charge in [0.1, 0.15) is 11.6 Å². The zero-order valence-corrected chi connectivity index (χ0v) is 14.6. The zero-order valence-electron chi connectivity index (χ0n) is 14.6. The summed E-state index contributed by atoms with van der Waals surface area (Å²) in [5.41, 5.74) is 2.29. The molecular formula is C21H20FNO3. The molecular weight excluding hydrogens is 333 g/mol. The van der Waals surface area contributed by atoms with Crippen LogP contribution >= 0.6 is 0 Å². The van der Waals surface area contributed by atoms with E-state index in [9.17, 15) is 4.39 Å². The fourth-order valence-corrected chi connectivity index (χ4v) is 3.06. The van der Waals surface area contributed by atoms with Crippen LogP contribution < -0.4 is 9.47 Å². The van der Waals surface area contributed by atoms with Crippen molar-refractivity contribution in [3.63, 3.8) is 0 Å². The first-order chi connectivity index (χ1) is 12.6. The van der Waals surface area contributed by atoms with Gasteiger partial charge in [-0.2, -0.15) is 0 Å². The van der Waals surface area contributed by atoms with E-state index in [2.05, 4.69) is 11.5 Å². The minimum atomic E-state index is -0.255. The number of allylic oxidation sites excluding steroid dienone is 2. The molecule has 5 heteroatoms. The molecule has 4 nitrogen and oxygen atoms in total.